The van der Waals surface area contributed by atoms with E-state index in [0.717, 1.165) is 0 Å². The Morgan fingerprint density at radius 1 is 0.786 bits per heavy atom. The summed E-state index contributed by atoms with van der Waals surface area (Å²) in [5.41, 5.74) is 1.70. The van der Waals surface area contributed by atoms with Crippen LogP contribution in [-0.4, -0.2) is 0 Å². The fourth-order valence-electron chi connectivity index (χ4n) is 1.89. The SMILES string of the molecule is CCC=C(CCC)CCCCCCC. The Bertz CT molecular complexity index is 133. The van der Waals surface area contributed by atoms with Gasteiger partial charge in [0.25, 0.3) is 0 Å². The van der Waals surface area contributed by atoms with E-state index in [-0.39, 0.29) is 0 Å². The molecule has 0 N–H and O–H groups in total. The molecule has 0 bridgehead atoms. The normalized spacial score (nSPS) is 12.1. The van der Waals surface area contributed by atoms with Crippen LogP contribution in [0.1, 0.15) is 78.6 Å². The van der Waals surface area contributed by atoms with Crippen molar-refractivity contribution in [1.82, 2.24) is 0 Å². The molecule has 0 aromatic carbocycles. The topological polar surface area (TPSA) is 0 Å². The number of unbranched alkanes of at least 4 members (excludes halogenated alkanes) is 4. The first kappa shape index (κ1) is 13.7. The number of rotatable bonds is 9. The molecule has 84 valence electrons. The molecular weight excluding hydrogens is 168 g/mol. The van der Waals surface area contributed by atoms with Gasteiger partial charge in [-0.15, -0.1) is 0 Å². The number of allylic oxidation sites excluding steroid dienone is 2. The standard InChI is InChI=1S/C14H28/c1-4-7-8-9-10-13-14(11-5-2)12-6-3/h11H,4-10,12-13H2,1-3H3. The van der Waals surface area contributed by atoms with Crippen molar-refractivity contribution in [2.75, 3.05) is 0 Å². The second-order valence-electron chi connectivity index (χ2n) is 4.18. The fraction of sp³-hybridized carbons (Fsp3) is 0.857. The van der Waals surface area contributed by atoms with Crippen molar-refractivity contribution in [3.63, 3.8) is 0 Å². The number of hydrogen-bond acceptors (Lipinski definition) is 0. The van der Waals surface area contributed by atoms with Gasteiger partial charge in [-0.1, -0.05) is 64.5 Å². The van der Waals surface area contributed by atoms with Gasteiger partial charge in [0.1, 0.15) is 0 Å². The highest BCUT2D eigenvalue weighted by molar-refractivity contribution is 5.01. The maximum absolute atomic E-state index is 2.43. The van der Waals surface area contributed by atoms with E-state index < -0.39 is 0 Å². The van der Waals surface area contributed by atoms with Gasteiger partial charge in [0, 0.05) is 0 Å². The molecule has 0 spiro atoms. The van der Waals surface area contributed by atoms with E-state index >= 15 is 0 Å². The first-order valence-corrected chi connectivity index (χ1v) is 6.53. The van der Waals surface area contributed by atoms with Crippen molar-refractivity contribution in [3.8, 4) is 0 Å². The molecule has 0 aromatic heterocycles. The van der Waals surface area contributed by atoms with Crippen molar-refractivity contribution in [1.29, 1.82) is 0 Å². The van der Waals surface area contributed by atoms with Crippen LogP contribution < -0.4 is 0 Å². The molecule has 0 aliphatic heterocycles. The van der Waals surface area contributed by atoms with Gasteiger partial charge in [0.2, 0.25) is 0 Å². The van der Waals surface area contributed by atoms with Gasteiger partial charge < -0.3 is 0 Å². The predicted octanol–water partition coefficient (Wildman–Crippen LogP) is 5.48. The van der Waals surface area contributed by atoms with Crippen molar-refractivity contribution in [3.05, 3.63) is 11.6 Å². The molecule has 0 aliphatic carbocycles. The molecular formula is C14H28. The van der Waals surface area contributed by atoms with Crippen LogP contribution in [0.4, 0.5) is 0 Å². The van der Waals surface area contributed by atoms with Gasteiger partial charge in [-0.2, -0.15) is 0 Å². The summed E-state index contributed by atoms with van der Waals surface area (Å²) < 4.78 is 0. The smallest absolute Gasteiger partial charge is 0.0320 e. The van der Waals surface area contributed by atoms with Gasteiger partial charge >= 0.3 is 0 Å². The quantitative estimate of drug-likeness (QED) is 0.338. The summed E-state index contributed by atoms with van der Waals surface area (Å²) in [4.78, 5) is 0. The van der Waals surface area contributed by atoms with E-state index in [1.807, 2.05) is 0 Å². The van der Waals surface area contributed by atoms with Gasteiger partial charge in [-0.3, -0.25) is 0 Å². The Labute approximate surface area is 90.8 Å². The molecule has 0 heteroatoms. The molecule has 0 saturated heterocycles. The third-order valence-electron chi connectivity index (χ3n) is 2.67. The minimum Gasteiger partial charge on any atom is -0.0856 e. The van der Waals surface area contributed by atoms with E-state index in [4.69, 9.17) is 0 Å². The van der Waals surface area contributed by atoms with E-state index in [0.29, 0.717) is 0 Å². The van der Waals surface area contributed by atoms with Crippen molar-refractivity contribution >= 4 is 0 Å². The summed E-state index contributed by atoms with van der Waals surface area (Å²) >= 11 is 0. The van der Waals surface area contributed by atoms with Crippen LogP contribution in [0.25, 0.3) is 0 Å². The highest BCUT2D eigenvalue weighted by atomic mass is 14.0. The summed E-state index contributed by atoms with van der Waals surface area (Å²) in [5, 5.41) is 0. The Morgan fingerprint density at radius 2 is 1.50 bits per heavy atom. The molecule has 0 rings (SSSR count). The predicted molar refractivity (Wildman–Crippen MR) is 66.7 cm³/mol. The lowest BCUT2D eigenvalue weighted by molar-refractivity contribution is 0.622. The summed E-state index contributed by atoms with van der Waals surface area (Å²) in [6.45, 7) is 6.80. The highest BCUT2D eigenvalue weighted by Gasteiger charge is 1.96. The molecule has 0 fully saturated rings. The van der Waals surface area contributed by atoms with Crippen LogP contribution >= 0.6 is 0 Å². The zero-order valence-electron chi connectivity index (χ0n) is 10.4. The lowest BCUT2D eigenvalue weighted by Crippen LogP contribution is -1.85. The van der Waals surface area contributed by atoms with E-state index in [2.05, 4.69) is 26.8 Å². The number of hydrogen-bond donors (Lipinski definition) is 0. The maximum atomic E-state index is 2.43. The molecule has 0 heterocycles. The molecule has 14 heavy (non-hydrogen) atoms. The lowest BCUT2D eigenvalue weighted by atomic mass is 10.0. The van der Waals surface area contributed by atoms with Gasteiger partial charge in [0.15, 0.2) is 0 Å². The molecule has 0 nitrogen and oxygen atoms in total. The minimum absolute atomic E-state index is 1.21. The molecule has 0 saturated carbocycles. The highest BCUT2D eigenvalue weighted by Crippen LogP contribution is 2.16. The van der Waals surface area contributed by atoms with Gasteiger partial charge in [-0.05, 0) is 25.7 Å². The monoisotopic (exact) mass is 196 g/mol. The summed E-state index contributed by atoms with van der Waals surface area (Å²) in [7, 11) is 0. The van der Waals surface area contributed by atoms with E-state index in [1.54, 1.807) is 5.57 Å². The first-order chi connectivity index (χ1) is 6.85. The van der Waals surface area contributed by atoms with E-state index in [1.165, 1.54) is 57.8 Å². The molecule has 0 aromatic rings. The van der Waals surface area contributed by atoms with Crippen molar-refractivity contribution in [2.24, 2.45) is 0 Å². The third kappa shape index (κ3) is 8.34. The largest absolute Gasteiger partial charge is 0.0856 e. The molecule has 0 amide bonds. The van der Waals surface area contributed by atoms with Gasteiger partial charge in [0.05, 0.1) is 0 Å². The van der Waals surface area contributed by atoms with Gasteiger partial charge in [-0.25, -0.2) is 0 Å². The Hall–Kier alpha value is -0.260. The van der Waals surface area contributed by atoms with Crippen molar-refractivity contribution in [2.45, 2.75) is 78.6 Å². The van der Waals surface area contributed by atoms with Crippen LogP contribution in [0.5, 0.6) is 0 Å². The summed E-state index contributed by atoms with van der Waals surface area (Å²) in [5.74, 6) is 0. The zero-order valence-corrected chi connectivity index (χ0v) is 10.4. The second-order valence-corrected chi connectivity index (χ2v) is 4.18. The van der Waals surface area contributed by atoms with Crippen LogP contribution in [0.2, 0.25) is 0 Å². The van der Waals surface area contributed by atoms with Crippen LogP contribution in [-0.2, 0) is 0 Å². The molecule has 0 unspecified atom stereocenters. The van der Waals surface area contributed by atoms with E-state index in [9.17, 15) is 0 Å². The minimum atomic E-state index is 1.21. The molecule has 0 aliphatic rings. The molecule has 0 atom stereocenters. The lowest BCUT2D eigenvalue weighted by Gasteiger charge is -2.05. The van der Waals surface area contributed by atoms with Crippen molar-refractivity contribution < 1.29 is 0 Å². The maximum Gasteiger partial charge on any atom is -0.0320 e. The zero-order chi connectivity index (χ0) is 10.6. The van der Waals surface area contributed by atoms with Crippen LogP contribution in [0, 0.1) is 0 Å². The first-order valence-electron chi connectivity index (χ1n) is 6.53. The Kier molecular flexibility index (Phi) is 10.6. The fourth-order valence-corrected chi connectivity index (χ4v) is 1.89. The molecule has 0 radical (unpaired) electrons. The third-order valence-corrected chi connectivity index (χ3v) is 2.67. The van der Waals surface area contributed by atoms with Crippen LogP contribution in [0.3, 0.4) is 0 Å². The summed E-state index contributed by atoms with van der Waals surface area (Å²) in [6.07, 6.45) is 14.7. The summed E-state index contributed by atoms with van der Waals surface area (Å²) in [6, 6.07) is 0. The van der Waals surface area contributed by atoms with Crippen LogP contribution in [0.15, 0.2) is 11.6 Å². The Balaban J connectivity index is 3.46. The second kappa shape index (κ2) is 10.8. The average Bonchev–Trinajstić information content (AvgIpc) is 2.18. The Morgan fingerprint density at radius 3 is 2.07 bits per heavy atom. The average molecular weight is 196 g/mol.